The summed E-state index contributed by atoms with van der Waals surface area (Å²) in [7, 11) is 0. The summed E-state index contributed by atoms with van der Waals surface area (Å²) in [4.78, 5) is 0. The Labute approximate surface area is 127 Å². The summed E-state index contributed by atoms with van der Waals surface area (Å²) in [6, 6.07) is 19.3. The first-order valence-corrected chi connectivity index (χ1v) is 7.52. The van der Waals surface area contributed by atoms with Gasteiger partial charge in [-0.3, -0.25) is 0 Å². The summed E-state index contributed by atoms with van der Waals surface area (Å²) in [6.45, 7) is 6.68. The van der Waals surface area contributed by atoms with E-state index in [0.29, 0.717) is 12.0 Å². The standard InChI is InChI=1S/C18H22ClN/c1-13(2)18(15-8-5-4-6-9-15)20-14(3)16-10-7-11-17(19)12-16/h4-14,18,20H,1-3H3/t14-,18?/m0/s1. The van der Waals surface area contributed by atoms with E-state index in [1.165, 1.54) is 11.1 Å². The van der Waals surface area contributed by atoms with Gasteiger partial charge in [0.1, 0.15) is 0 Å². The summed E-state index contributed by atoms with van der Waals surface area (Å²) in [5, 5.41) is 4.51. The fourth-order valence-electron chi connectivity index (χ4n) is 2.48. The van der Waals surface area contributed by atoms with Crippen LogP contribution in [0.4, 0.5) is 0 Å². The number of benzene rings is 2. The highest BCUT2D eigenvalue weighted by molar-refractivity contribution is 6.30. The zero-order chi connectivity index (χ0) is 14.5. The van der Waals surface area contributed by atoms with Crippen molar-refractivity contribution in [2.45, 2.75) is 32.9 Å². The van der Waals surface area contributed by atoms with Crippen molar-refractivity contribution < 1.29 is 0 Å². The molecular formula is C18H22ClN. The van der Waals surface area contributed by atoms with Crippen LogP contribution in [0.5, 0.6) is 0 Å². The van der Waals surface area contributed by atoms with Gasteiger partial charge in [0, 0.05) is 17.1 Å². The first-order chi connectivity index (χ1) is 9.58. The number of halogens is 1. The van der Waals surface area contributed by atoms with Gasteiger partial charge < -0.3 is 5.32 Å². The van der Waals surface area contributed by atoms with Gasteiger partial charge in [0.2, 0.25) is 0 Å². The predicted octanol–water partition coefficient (Wildman–Crippen LogP) is 5.39. The van der Waals surface area contributed by atoms with Crippen molar-refractivity contribution in [3.63, 3.8) is 0 Å². The maximum Gasteiger partial charge on any atom is 0.0409 e. The molecule has 20 heavy (non-hydrogen) atoms. The van der Waals surface area contributed by atoms with E-state index in [4.69, 9.17) is 11.6 Å². The smallest absolute Gasteiger partial charge is 0.0409 e. The zero-order valence-corrected chi connectivity index (χ0v) is 13.1. The second-order valence-electron chi connectivity index (χ2n) is 5.58. The van der Waals surface area contributed by atoms with Gasteiger partial charge in [-0.2, -0.15) is 0 Å². The number of rotatable bonds is 5. The lowest BCUT2D eigenvalue weighted by molar-refractivity contribution is 0.374. The molecule has 0 aliphatic rings. The average molecular weight is 288 g/mol. The van der Waals surface area contributed by atoms with E-state index in [1.54, 1.807) is 0 Å². The second-order valence-corrected chi connectivity index (χ2v) is 6.01. The number of hydrogen-bond donors (Lipinski definition) is 1. The van der Waals surface area contributed by atoms with E-state index in [-0.39, 0.29) is 6.04 Å². The highest BCUT2D eigenvalue weighted by Gasteiger charge is 2.18. The topological polar surface area (TPSA) is 12.0 Å². The van der Waals surface area contributed by atoms with Crippen molar-refractivity contribution in [3.05, 3.63) is 70.7 Å². The SMILES string of the molecule is CC(C)C(N[C@@H](C)c1cccc(Cl)c1)c1ccccc1. The molecule has 0 bridgehead atoms. The third kappa shape index (κ3) is 3.84. The first-order valence-electron chi connectivity index (χ1n) is 7.14. The van der Waals surface area contributed by atoms with Gasteiger partial charge >= 0.3 is 0 Å². The Balaban J connectivity index is 2.17. The van der Waals surface area contributed by atoms with Crippen LogP contribution in [0.25, 0.3) is 0 Å². The van der Waals surface area contributed by atoms with Crippen molar-refractivity contribution in [2.24, 2.45) is 5.92 Å². The Kier molecular flexibility index (Phi) is 5.22. The van der Waals surface area contributed by atoms with Crippen molar-refractivity contribution in [2.75, 3.05) is 0 Å². The number of nitrogens with one attached hydrogen (secondary N) is 1. The largest absolute Gasteiger partial charge is 0.303 e. The lowest BCUT2D eigenvalue weighted by Crippen LogP contribution is -2.28. The van der Waals surface area contributed by atoms with Gasteiger partial charge in [-0.25, -0.2) is 0 Å². The molecule has 0 saturated heterocycles. The molecule has 106 valence electrons. The van der Waals surface area contributed by atoms with Gasteiger partial charge in [-0.05, 0) is 36.1 Å². The van der Waals surface area contributed by atoms with Crippen LogP contribution < -0.4 is 5.32 Å². The summed E-state index contributed by atoms with van der Waals surface area (Å²) >= 11 is 6.08. The lowest BCUT2D eigenvalue weighted by Gasteiger charge is -2.27. The van der Waals surface area contributed by atoms with Crippen LogP contribution in [0.15, 0.2) is 54.6 Å². The minimum Gasteiger partial charge on any atom is -0.303 e. The first kappa shape index (κ1) is 15.1. The summed E-state index contributed by atoms with van der Waals surface area (Å²) in [6.07, 6.45) is 0. The van der Waals surface area contributed by atoms with Gasteiger partial charge in [0.15, 0.2) is 0 Å². The highest BCUT2D eigenvalue weighted by atomic mass is 35.5. The molecule has 2 aromatic carbocycles. The van der Waals surface area contributed by atoms with Crippen LogP contribution in [0, 0.1) is 5.92 Å². The Hall–Kier alpha value is -1.31. The molecule has 1 unspecified atom stereocenters. The van der Waals surface area contributed by atoms with Crippen molar-refractivity contribution >= 4 is 11.6 Å². The molecule has 2 rings (SSSR count). The third-order valence-electron chi connectivity index (χ3n) is 3.60. The van der Waals surface area contributed by atoms with Gasteiger partial charge in [0.25, 0.3) is 0 Å². The van der Waals surface area contributed by atoms with E-state index in [0.717, 1.165) is 5.02 Å². The van der Waals surface area contributed by atoms with Gasteiger partial charge in [-0.1, -0.05) is 67.9 Å². The molecule has 0 amide bonds. The molecule has 0 radical (unpaired) electrons. The molecule has 0 spiro atoms. The van der Waals surface area contributed by atoms with E-state index in [9.17, 15) is 0 Å². The molecule has 0 saturated carbocycles. The minimum atomic E-state index is 0.265. The van der Waals surface area contributed by atoms with Crippen molar-refractivity contribution in [1.82, 2.24) is 5.32 Å². The highest BCUT2D eigenvalue weighted by Crippen LogP contribution is 2.26. The van der Waals surface area contributed by atoms with Crippen LogP contribution >= 0.6 is 11.6 Å². The molecule has 0 aliphatic carbocycles. The molecule has 2 heteroatoms. The molecule has 0 aromatic heterocycles. The zero-order valence-electron chi connectivity index (χ0n) is 12.3. The van der Waals surface area contributed by atoms with E-state index in [2.05, 4.69) is 62.5 Å². The minimum absolute atomic E-state index is 0.265. The van der Waals surface area contributed by atoms with Crippen LogP contribution in [-0.4, -0.2) is 0 Å². The Morgan fingerprint density at radius 2 is 1.50 bits per heavy atom. The fraction of sp³-hybridized carbons (Fsp3) is 0.333. The fourth-order valence-corrected chi connectivity index (χ4v) is 2.67. The maximum absolute atomic E-state index is 6.08. The molecule has 0 aliphatic heterocycles. The predicted molar refractivity (Wildman–Crippen MR) is 87.0 cm³/mol. The Bertz CT molecular complexity index is 536. The summed E-state index contributed by atoms with van der Waals surface area (Å²) < 4.78 is 0. The lowest BCUT2D eigenvalue weighted by atomic mass is 9.94. The van der Waals surface area contributed by atoms with Crippen molar-refractivity contribution in [1.29, 1.82) is 0 Å². The van der Waals surface area contributed by atoms with Gasteiger partial charge in [-0.15, -0.1) is 0 Å². The maximum atomic E-state index is 6.08. The number of hydrogen-bond acceptors (Lipinski definition) is 1. The Morgan fingerprint density at radius 3 is 2.10 bits per heavy atom. The normalized spacial score (nSPS) is 14.2. The van der Waals surface area contributed by atoms with Crippen LogP contribution in [-0.2, 0) is 0 Å². The quantitative estimate of drug-likeness (QED) is 0.777. The molecule has 1 nitrogen and oxygen atoms in total. The molecule has 2 aromatic rings. The van der Waals surface area contributed by atoms with Crippen LogP contribution in [0.1, 0.15) is 44.0 Å². The molecule has 2 atom stereocenters. The van der Waals surface area contributed by atoms with E-state index < -0.39 is 0 Å². The Morgan fingerprint density at radius 1 is 0.850 bits per heavy atom. The van der Waals surface area contributed by atoms with E-state index >= 15 is 0 Å². The molecule has 0 heterocycles. The van der Waals surface area contributed by atoms with Crippen LogP contribution in [0.2, 0.25) is 5.02 Å². The van der Waals surface area contributed by atoms with Crippen LogP contribution in [0.3, 0.4) is 0 Å². The second kappa shape index (κ2) is 6.92. The van der Waals surface area contributed by atoms with E-state index in [1.807, 2.05) is 18.2 Å². The molecule has 0 fully saturated rings. The monoisotopic (exact) mass is 287 g/mol. The van der Waals surface area contributed by atoms with Gasteiger partial charge in [0.05, 0.1) is 0 Å². The average Bonchev–Trinajstić information content (AvgIpc) is 2.45. The van der Waals surface area contributed by atoms with Crippen molar-refractivity contribution in [3.8, 4) is 0 Å². The third-order valence-corrected chi connectivity index (χ3v) is 3.84. The summed E-state index contributed by atoms with van der Waals surface area (Å²) in [5.41, 5.74) is 2.55. The molecular weight excluding hydrogens is 266 g/mol. The molecule has 1 N–H and O–H groups in total. The summed E-state index contributed by atoms with van der Waals surface area (Å²) in [5.74, 6) is 0.527.